The molecule has 0 spiro atoms. The second-order valence-corrected chi connectivity index (χ2v) is 6.38. The lowest BCUT2D eigenvalue weighted by Crippen LogP contribution is -2.48. The highest BCUT2D eigenvalue weighted by Gasteiger charge is 2.39. The molecule has 14 heavy (non-hydrogen) atoms. The summed E-state index contributed by atoms with van der Waals surface area (Å²) in [6.07, 6.45) is 1.95. The van der Waals surface area contributed by atoms with E-state index in [1.165, 1.54) is 0 Å². The average Bonchev–Trinajstić information content (AvgIpc) is 2.18. The lowest BCUT2D eigenvalue weighted by Gasteiger charge is -2.35. The summed E-state index contributed by atoms with van der Waals surface area (Å²) >= 11 is 0. The summed E-state index contributed by atoms with van der Waals surface area (Å²) in [5, 5.41) is 0. The van der Waals surface area contributed by atoms with Crippen molar-refractivity contribution in [2.45, 2.75) is 52.7 Å². The van der Waals surface area contributed by atoms with Crippen molar-refractivity contribution in [2.24, 2.45) is 0 Å². The minimum atomic E-state index is -2.40. The van der Waals surface area contributed by atoms with Crippen LogP contribution in [0.25, 0.3) is 0 Å². The van der Waals surface area contributed by atoms with Crippen molar-refractivity contribution in [1.82, 2.24) is 0 Å². The molecule has 4 heteroatoms. The van der Waals surface area contributed by atoms with Crippen molar-refractivity contribution in [2.75, 3.05) is 13.7 Å². The first-order valence-electron chi connectivity index (χ1n) is 5.34. The maximum Gasteiger partial charge on any atom is 0.497 e. The van der Waals surface area contributed by atoms with Gasteiger partial charge in [0.15, 0.2) is 0 Å². The Bertz CT molecular complexity index is 159. The van der Waals surface area contributed by atoms with Gasteiger partial charge in [0, 0.05) is 20.3 Å². The van der Waals surface area contributed by atoms with Crippen LogP contribution in [0.5, 0.6) is 0 Å². The Morgan fingerprint density at radius 3 is 1.93 bits per heavy atom. The molecular weight excluding hydrogens is 196 g/mol. The minimum Gasteiger partial charge on any atom is -0.377 e. The van der Waals surface area contributed by atoms with Crippen LogP contribution in [0.4, 0.5) is 0 Å². The Morgan fingerprint density at radius 1 is 1.14 bits per heavy atom. The number of hydrogen-bond acceptors (Lipinski definition) is 3. The lowest BCUT2D eigenvalue weighted by molar-refractivity contribution is -0.0133. The highest BCUT2D eigenvalue weighted by molar-refractivity contribution is 6.59. The fourth-order valence-corrected chi connectivity index (χ4v) is 3.20. The third kappa shape index (κ3) is 4.08. The zero-order valence-corrected chi connectivity index (χ0v) is 11.3. The molecule has 0 fully saturated rings. The number of hydrogen-bond donors (Lipinski definition) is 0. The van der Waals surface area contributed by atoms with Gasteiger partial charge in [-0.2, -0.15) is 0 Å². The first-order chi connectivity index (χ1) is 6.45. The standard InChI is InChI=1S/C10H24O3Si/c1-7-10(4,8-2)13-14(6,11-5)12-9-3/h7-9H2,1-6H3. The van der Waals surface area contributed by atoms with Gasteiger partial charge in [0.2, 0.25) is 0 Å². The fourth-order valence-electron chi connectivity index (χ4n) is 1.23. The molecule has 1 atom stereocenters. The SMILES string of the molecule is CCO[Si](C)(OC)OC(C)(CC)CC. The van der Waals surface area contributed by atoms with E-state index in [0.29, 0.717) is 6.61 Å². The molecule has 0 saturated carbocycles. The molecule has 0 saturated heterocycles. The second kappa shape index (κ2) is 5.85. The monoisotopic (exact) mass is 220 g/mol. The third-order valence-corrected chi connectivity index (χ3v) is 5.12. The zero-order valence-electron chi connectivity index (χ0n) is 10.3. The highest BCUT2D eigenvalue weighted by Crippen LogP contribution is 2.25. The molecule has 0 radical (unpaired) electrons. The molecule has 0 aromatic carbocycles. The summed E-state index contributed by atoms with van der Waals surface area (Å²) in [4.78, 5) is 0. The van der Waals surface area contributed by atoms with Gasteiger partial charge in [-0.3, -0.25) is 0 Å². The van der Waals surface area contributed by atoms with E-state index in [1.54, 1.807) is 7.11 Å². The van der Waals surface area contributed by atoms with Crippen LogP contribution in [-0.2, 0) is 13.3 Å². The molecule has 0 aliphatic rings. The molecule has 0 bridgehead atoms. The summed E-state index contributed by atoms with van der Waals surface area (Å²) in [7, 11) is -0.740. The van der Waals surface area contributed by atoms with E-state index in [-0.39, 0.29) is 5.60 Å². The third-order valence-electron chi connectivity index (χ3n) is 2.70. The lowest BCUT2D eigenvalue weighted by atomic mass is 10.0. The predicted molar refractivity (Wildman–Crippen MR) is 60.3 cm³/mol. The van der Waals surface area contributed by atoms with Crippen LogP contribution in [0.2, 0.25) is 6.55 Å². The second-order valence-electron chi connectivity index (χ2n) is 3.76. The summed E-state index contributed by atoms with van der Waals surface area (Å²) < 4.78 is 17.0. The van der Waals surface area contributed by atoms with Crippen molar-refractivity contribution in [3.05, 3.63) is 0 Å². The van der Waals surface area contributed by atoms with Gasteiger partial charge in [-0.25, -0.2) is 0 Å². The van der Waals surface area contributed by atoms with Crippen LogP contribution in [0.1, 0.15) is 40.5 Å². The van der Waals surface area contributed by atoms with Gasteiger partial charge in [0.05, 0.1) is 5.60 Å². The van der Waals surface area contributed by atoms with E-state index in [4.69, 9.17) is 13.3 Å². The van der Waals surface area contributed by atoms with Gasteiger partial charge in [0.1, 0.15) is 0 Å². The van der Waals surface area contributed by atoms with Crippen LogP contribution < -0.4 is 0 Å². The summed E-state index contributed by atoms with van der Waals surface area (Å²) in [6.45, 7) is 10.9. The summed E-state index contributed by atoms with van der Waals surface area (Å²) in [5.74, 6) is 0. The van der Waals surface area contributed by atoms with E-state index in [9.17, 15) is 0 Å². The van der Waals surface area contributed by atoms with Gasteiger partial charge in [-0.05, 0) is 26.7 Å². The first-order valence-corrected chi connectivity index (χ1v) is 7.57. The van der Waals surface area contributed by atoms with Gasteiger partial charge in [-0.1, -0.05) is 13.8 Å². The van der Waals surface area contributed by atoms with Gasteiger partial charge >= 0.3 is 8.80 Å². The van der Waals surface area contributed by atoms with Crippen molar-refractivity contribution >= 4 is 8.80 Å². The molecule has 86 valence electrons. The van der Waals surface area contributed by atoms with Crippen molar-refractivity contribution in [3.8, 4) is 0 Å². The largest absolute Gasteiger partial charge is 0.497 e. The zero-order chi connectivity index (χ0) is 11.2. The molecule has 3 nitrogen and oxygen atoms in total. The fraction of sp³-hybridized carbons (Fsp3) is 1.00. The molecule has 0 aromatic heterocycles. The van der Waals surface area contributed by atoms with Gasteiger partial charge in [-0.15, -0.1) is 0 Å². The maximum atomic E-state index is 6.01. The molecule has 0 rings (SSSR count). The van der Waals surface area contributed by atoms with Crippen molar-refractivity contribution in [3.63, 3.8) is 0 Å². The molecule has 0 heterocycles. The van der Waals surface area contributed by atoms with E-state index in [0.717, 1.165) is 12.8 Å². The van der Waals surface area contributed by atoms with E-state index in [1.807, 2.05) is 13.5 Å². The summed E-state index contributed by atoms with van der Waals surface area (Å²) in [5.41, 5.74) is -0.119. The highest BCUT2D eigenvalue weighted by atomic mass is 28.4. The molecule has 0 aromatic rings. The van der Waals surface area contributed by atoms with Crippen LogP contribution in [-0.4, -0.2) is 28.1 Å². The van der Waals surface area contributed by atoms with E-state index in [2.05, 4.69) is 20.8 Å². The molecule has 0 amide bonds. The molecule has 1 unspecified atom stereocenters. The Hall–Kier alpha value is 0.0969. The molecular formula is C10H24O3Si. The maximum absolute atomic E-state index is 6.01. The van der Waals surface area contributed by atoms with Gasteiger partial charge in [0.25, 0.3) is 0 Å². The number of rotatable bonds is 7. The Kier molecular flexibility index (Phi) is 5.89. The van der Waals surface area contributed by atoms with E-state index < -0.39 is 8.80 Å². The van der Waals surface area contributed by atoms with Crippen molar-refractivity contribution < 1.29 is 13.3 Å². The van der Waals surface area contributed by atoms with Crippen LogP contribution in [0.3, 0.4) is 0 Å². The van der Waals surface area contributed by atoms with Crippen LogP contribution in [0.15, 0.2) is 0 Å². The predicted octanol–water partition coefficient (Wildman–Crippen LogP) is 2.83. The van der Waals surface area contributed by atoms with Crippen LogP contribution in [0, 0.1) is 0 Å². The Labute approximate surface area is 89.1 Å². The quantitative estimate of drug-likeness (QED) is 0.617. The first kappa shape index (κ1) is 14.1. The molecule has 0 N–H and O–H groups in total. The Balaban J connectivity index is 4.41. The molecule has 0 aliphatic carbocycles. The average molecular weight is 220 g/mol. The van der Waals surface area contributed by atoms with Crippen molar-refractivity contribution in [1.29, 1.82) is 0 Å². The Morgan fingerprint density at radius 2 is 1.64 bits per heavy atom. The topological polar surface area (TPSA) is 27.7 Å². The van der Waals surface area contributed by atoms with Gasteiger partial charge < -0.3 is 13.3 Å². The smallest absolute Gasteiger partial charge is 0.377 e. The minimum absolute atomic E-state index is 0.119. The summed E-state index contributed by atoms with van der Waals surface area (Å²) in [6, 6.07) is 0. The van der Waals surface area contributed by atoms with Crippen LogP contribution >= 0.6 is 0 Å². The molecule has 0 aliphatic heterocycles. The normalized spacial score (nSPS) is 16.7. The van der Waals surface area contributed by atoms with E-state index >= 15 is 0 Å².